The number of amides is 1. The van der Waals surface area contributed by atoms with E-state index in [2.05, 4.69) is 5.32 Å². The van der Waals surface area contributed by atoms with E-state index in [1.54, 1.807) is 19.9 Å². The van der Waals surface area contributed by atoms with Crippen molar-refractivity contribution in [2.75, 3.05) is 11.5 Å². The highest BCUT2D eigenvalue weighted by Crippen LogP contribution is 2.28. The highest BCUT2D eigenvalue weighted by molar-refractivity contribution is 7.91. The van der Waals surface area contributed by atoms with E-state index in [1.807, 2.05) is 0 Å². The fourth-order valence-corrected chi connectivity index (χ4v) is 3.56. The lowest BCUT2D eigenvalue weighted by Crippen LogP contribution is -2.31. The molecule has 0 aliphatic heterocycles. The van der Waals surface area contributed by atoms with Crippen LogP contribution in [0, 0.1) is 0 Å². The molecule has 0 aliphatic carbocycles. The minimum atomic E-state index is -3.67. The number of sulfone groups is 1. The molecule has 0 atom stereocenters. The molecular formula is C12H17ClN2O3S. The van der Waals surface area contributed by atoms with Crippen molar-refractivity contribution in [3.05, 3.63) is 23.2 Å². The molecule has 0 heterocycles. The van der Waals surface area contributed by atoms with Crippen molar-refractivity contribution in [2.45, 2.75) is 31.2 Å². The summed E-state index contributed by atoms with van der Waals surface area (Å²) in [5, 5.41) is 2.70. The molecule has 0 bridgehead atoms. The van der Waals surface area contributed by atoms with Crippen molar-refractivity contribution in [1.82, 2.24) is 5.32 Å². The number of hydrogen-bond donors (Lipinski definition) is 2. The molecule has 7 heteroatoms. The van der Waals surface area contributed by atoms with Crippen LogP contribution in [0.1, 0.15) is 20.3 Å². The highest BCUT2D eigenvalue weighted by Gasteiger charge is 2.22. The number of nitrogens with two attached hydrogens (primary N) is 1. The van der Waals surface area contributed by atoms with Gasteiger partial charge in [0.15, 0.2) is 9.84 Å². The molecule has 0 spiro atoms. The van der Waals surface area contributed by atoms with Crippen molar-refractivity contribution in [1.29, 1.82) is 0 Å². The van der Waals surface area contributed by atoms with E-state index in [4.69, 9.17) is 17.3 Å². The number of rotatable bonds is 5. The molecule has 0 aliphatic rings. The van der Waals surface area contributed by atoms with Gasteiger partial charge in [-0.25, -0.2) is 8.42 Å². The SMILES string of the molecule is CC(C)NC(=O)CCS(=O)(=O)c1c(N)cccc1Cl. The Balaban J connectivity index is 2.85. The van der Waals surface area contributed by atoms with Crippen LogP contribution < -0.4 is 11.1 Å². The topological polar surface area (TPSA) is 89.3 Å². The molecule has 0 aromatic heterocycles. The first-order valence-electron chi connectivity index (χ1n) is 5.80. The molecule has 5 nitrogen and oxygen atoms in total. The summed E-state index contributed by atoms with van der Waals surface area (Å²) < 4.78 is 24.2. The van der Waals surface area contributed by atoms with E-state index in [0.717, 1.165) is 0 Å². The molecule has 1 rings (SSSR count). The zero-order valence-corrected chi connectivity index (χ0v) is 12.4. The molecule has 1 amide bonds. The number of hydrogen-bond acceptors (Lipinski definition) is 4. The highest BCUT2D eigenvalue weighted by atomic mass is 35.5. The maximum Gasteiger partial charge on any atom is 0.221 e. The summed E-state index contributed by atoms with van der Waals surface area (Å²) in [6, 6.07) is 4.47. The largest absolute Gasteiger partial charge is 0.398 e. The van der Waals surface area contributed by atoms with Crippen molar-refractivity contribution < 1.29 is 13.2 Å². The Morgan fingerprint density at radius 2 is 2.05 bits per heavy atom. The Labute approximate surface area is 118 Å². The van der Waals surface area contributed by atoms with Crippen LogP contribution in [0.5, 0.6) is 0 Å². The fraction of sp³-hybridized carbons (Fsp3) is 0.417. The van der Waals surface area contributed by atoms with Gasteiger partial charge in [-0.05, 0) is 26.0 Å². The van der Waals surface area contributed by atoms with E-state index >= 15 is 0 Å². The first-order chi connectivity index (χ1) is 8.74. The van der Waals surface area contributed by atoms with Crippen LogP contribution in [0.15, 0.2) is 23.1 Å². The third-order valence-corrected chi connectivity index (χ3v) is 4.60. The van der Waals surface area contributed by atoms with Gasteiger partial charge in [-0.2, -0.15) is 0 Å². The molecule has 3 N–H and O–H groups in total. The summed E-state index contributed by atoms with van der Waals surface area (Å²) in [6.45, 7) is 3.61. The van der Waals surface area contributed by atoms with E-state index in [-0.39, 0.29) is 39.7 Å². The van der Waals surface area contributed by atoms with Gasteiger partial charge in [0.25, 0.3) is 0 Å². The number of carbonyl (C=O) groups excluding carboxylic acids is 1. The third-order valence-electron chi connectivity index (χ3n) is 2.36. The monoisotopic (exact) mass is 304 g/mol. The molecule has 19 heavy (non-hydrogen) atoms. The summed E-state index contributed by atoms with van der Waals surface area (Å²) in [4.78, 5) is 11.4. The smallest absolute Gasteiger partial charge is 0.221 e. The minimum Gasteiger partial charge on any atom is -0.398 e. The second-order valence-electron chi connectivity index (χ2n) is 4.45. The van der Waals surface area contributed by atoms with Crippen LogP contribution in [0.3, 0.4) is 0 Å². The number of nitrogen functional groups attached to an aromatic ring is 1. The van der Waals surface area contributed by atoms with Gasteiger partial charge in [0, 0.05) is 12.5 Å². The number of carbonyl (C=O) groups is 1. The summed E-state index contributed by atoms with van der Waals surface area (Å²) in [5.41, 5.74) is 5.72. The molecule has 106 valence electrons. The Bertz CT molecular complexity index is 550. The van der Waals surface area contributed by atoms with Gasteiger partial charge < -0.3 is 11.1 Å². The molecule has 0 radical (unpaired) electrons. The van der Waals surface area contributed by atoms with Gasteiger partial charge in [0.05, 0.1) is 16.5 Å². The zero-order chi connectivity index (χ0) is 14.6. The van der Waals surface area contributed by atoms with Gasteiger partial charge in [0.2, 0.25) is 5.91 Å². The maximum absolute atomic E-state index is 12.1. The van der Waals surface area contributed by atoms with E-state index in [1.165, 1.54) is 12.1 Å². The predicted octanol–water partition coefficient (Wildman–Crippen LogP) is 1.61. The van der Waals surface area contributed by atoms with Crippen molar-refractivity contribution in [3.63, 3.8) is 0 Å². The maximum atomic E-state index is 12.1. The molecular weight excluding hydrogens is 288 g/mol. The summed E-state index contributed by atoms with van der Waals surface area (Å²) >= 11 is 5.85. The van der Waals surface area contributed by atoms with Gasteiger partial charge in [-0.3, -0.25) is 4.79 Å². The summed E-state index contributed by atoms with van der Waals surface area (Å²) in [5.74, 6) is -0.636. The molecule has 0 saturated heterocycles. The molecule has 1 aromatic carbocycles. The van der Waals surface area contributed by atoms with Crippen LogP contribution in [0.4, 0.5) is 5.69 Å². The standard InChI is InChI=1S/C12H17ClN2O3S/c1-8(2)15-11(16)6-7-19(17,18)12-9(13)4-3-5-10(12)14/h3-5,8H,6-7,14H2,1-2H3,(H,15,16). The first kappa shape index (κ1) is 15.8. The van der Waals surface area contributed by atoms with Crippen LogP contribution in [-0.4, -0.2) is 26.1 Å². The number of halogens is 1. The predicted molar refractivity (Wildman–Crippen MR) is 75.8 cm³/mol. The van der Waals surface area contributed by atoms with E-state index < -0.39 is 9.84 Å². The lowest BCUT2D eigenvalue weighted by molar-refractivity contribution is -0.121. The number of benzene rings is 1. The van der Waals surface area contributed by atoms with Gasteiger partial charge in [-0.15, -0.1) is 0 Å². The number of nitrogens with one attached hydrogen (secondary N) is 1. The quantitative estimate of drug-likeness (QED) is 0.809. The second kappa shape index (κ2) is 6.25. The summed E-state index contributed by atoms with van der Waals surface area (Å²) in [6.07, 6.45) is -0.120. The molecule has 1 aromatic rings. The van der Waals surface area contributed by atoms with Crippen molar-refractivity contribution in [3.8, 4) is 0 Å². The normalized spacial score (nSPS) is 11.6. The van der Waals surface area contributed by atoms with Crippen LogP contribution >= 0.6 is 11.6 Å². The van der Waals surface area contributed by atoms with Gasteiger partial charge in [-0.1, -0.05) is 17.7 Å². The average Bonchev–Trinajstić information content (AvgIpc) is 2.25. The van der Waals surface area contributed by atoms with Crippen LogP contribution in [0.25, 0.3) is 0 Å². The van der Waals surface area contributed by atoms with Crippen molar-refractivity contribution in [2.24, 2.45) is 0 Å². The zero-order valence-electron chi connectivity index (χ0n) is 10.8. The third kappa shape index (κ3) is 4.40. The van der Waals surface area contributed by atoms with Crippen LogP contribution in [-0.2, 0) is 14.6 Å². The van der Waals surface area contributed by atoms with E-state index in [0.29, 0.717) is 0 Å². The first-order valence-corrected chi connectivity index (χ1v) is 7.83. The van der Waals surface area contributed by atoms with E-state index in [9.17, 15) is 13.2 Å². The van der Waals surface area contributed by atoms with Gasteiger partial charge in [0.1, 0.15) is 4.90 Å². The Kier molecular flexibility index (Phi) is 5.20. The van der Waals surface area contributed by atoms with Crippen molar-refractivity contribution >= 4 is 33.0 Å². The Hall–Kier alpha value is -1.27. The molecule has 0 saturated carbocycles. The second-order valence-corrected chi connectivity index (χ2v) is 6.90. The lowest BCUT2D eigenvalue weighted by Gasteiger charge is -2.10. The number of anilines is 1. The molecule has 0 fully saturated rings. The Morgan fingerprint density at radius 3 is 2.58 bits per heavy atom. The average molecular weight is 305 g/mol. The minimum absolute atomic E-state index is 0.0272. The summed E-state index contributed by atoms with van der Waals surface area (Å²) in [7, 11) is -3.67. The van der Waals surface area contributed by atoms with Gasteiger partial charge >= 0.3 is 0 Å². The van der Waals surface area contributed by atoms with Crippen LogP contribution in [0.2, 0.25) is 5.02 Å². The molecule has 0 unspecified atom stereocenters. The fourth-order valence-electron chi connectivity index (χ4n) is 1.58. The lowest BCUT2D eigenvalue weighted by atomic mass is 10.3. The Morgan fingerprint density at radius 1 is 1.42 bits per heavy atom.